The predicted octanol–water partition coefficient (Wildman–Crippen LogP) is 2.70. The maximum atomic E-state index is 13.1. The SMILES string of the molecule is Cc1cc(F)ccc1Cn1ncc(NC2CCC2)cc1=O. The minimum absolute atomic E-state index is 0.150. The second-order valence-electron chi connectivity index (χ2n) is 5.58. The number of nitrogens with one attached hydrogen (secondary N) is 1. The smallest absolute Gasteiger partial charge is 0.269 e. The molecule has 4 nitrogen and oxygen atoms in total. The summed E-state index contributed by atoms with van der Waals surface area (Å²) in [5, 5.41) is 7.50. The van der Waals surface area contributed by atoms with Gasteiger partial charge in [0.1, 0.15) is 5.82 Å². The van der Waals surface area contributed by atoms with Gasteiger partial charge in [-0.2, -0.15) is 5.10 Å². The van der Waals surface area contributed by atoms with Crippen LogP contribution < -0.4 is 10.9 Å². The summed E-state index contributed by atoms with van der Waals surface area (Å²) >= 11 is 0. The zero-order valence-corrected chi connectivity index (χ0v) is 12.0. The van der Waals surface area contributed by atoms with Gasteiger partial charge in [0.25, 0.3) is 5.56 Å². The van der Waals surface area contributed by atoms with Crippen molar-refractivity contribution in [3.8, 4) is 0 Å². The lowest BCUT2D eigenvalue weighted by Gasteiger charge is -2.27. The van der Waals surface area contributed by atoms with Gasteiger partial charge in [-0.3, -0.25) is 4.79 Å². The molecule has 1 N–H and O–H groups in total. The molecule has 0 atom stereocenters. The van der Waals surface area contributed by atoms with Gasteiger partial charge in [0.05, 0.1) is 18.4 Å². The lowest BCUT2D eigenvalue weighted by Crippen LogP contribution is -2.29. The highest BCUT2D eigenvalue weighted by atomic mass is 19.1. The van der Waals surface area contributed by atoms with Crippen LogP contribution in [0, 0.1) is 12.7 Å². The number of aryl methyl sites for hydroxylation is 1. The second-order valence-corrected chi connectivity index (χ2v) is 5.58. The molecule has 110 valence electrons. The number of hydrogen-bond donors (Lipinski definition) is 1. The quantitative estimate of drug-likeness (QED) is 0.940. The van der Waals surface area contributed by atoms with E-state index >= 15 is 0 Å². The molecule has 0 unspecified atom stereocenters. The van der Waals surface area contributed by atoms with Crippen molar-refractivity contribution in [1.82, 2.24) is 9.78 Å². The van der Waals surface area contributed by atoms with E-state index in [2.05, 4.69) is 10.4 Å². The van der Waals surface area contributed by atoms with Crippen molar-refractivity contribution in [1.29, 1.82) is 0 Å². The summed E-state index contributed by atoms with van der Waals surface area (Å²) in [4.78, 5) is 12.1. The maximum absolute atomic E-state index is 13.1. The van der Waals surface area contributed by atoms with E-state index in [1.807, 2.05) is 6.92 Å². The van der Waals surface area contributed by atoms with E-state index in [1.165, 1.54) is 23.2 Å². The van der Waals surface area contributed by atoms with E-state index < -0.39 is 0 Å². The molecule has 1 heterocycles. The maximum Gasteiger partial charge on any atom is 0.269 e. The molecule has 0 amide bonds. The Morgan fingerprint density at radius 2 is 2.19 bits per heavy atom. The largest absolute Gasteiger partial charge is 0.381 e. The molecule has 0 aliphatic heterocycles. The van der Waals surface area contributed by atoms with Gasteiger partial charge in [0.2, 0.25) is 0 Å². The van der Waals surface area contributed by atoms with Gasteiger partial charge in [-0.25, -0.2) is 9.07 Å². The predicted molar refractivity (Wildman–Crippen MR) is 80.0 cm³/mol. The van der Waals surface area contributed by atoms with Crippen LogP contribution in [0.4, 0.5) is 10.1 Å². The zero-order chi connectivity index (χ0) is 14.8. The molecule has 1 fully saturated rings. The average molecular weight is 287 g/mol. The van der Waals surface area contributed by atoms with Crippen LogP contribution >= 0.6 is 0 Å². The Balaban J connectivity index is 1.77. The number of nitrogens with zero attached hydrogens (tertiary/aromatic N) is 2. The van der Waals surface area contributed by atoms with E-state index in [9.17, 15) is 9.18 Å². The number of aromatic nitrogens is 2. The highest BCUT2D eigenvalue weighted by molar-refractivity contribution is 5.40. The molecule has 1 aliphatic carbocycles. The van der Waals surface area contributed by atoms with Crippen LogP contribution in [0.3, 0.4) is 0 Å². The third-order valence-electron chi connectivity index (χ3n) is 3.97. The Labute approximate surface area is 122 Å². The fourth-order valence-electron chi connectivity index (χ4n) is 2.42. The van der Waals surface area contributed by atoms with Crippen LogP contribution in [0.2, 0.25) is 0 Å². The third kappa shape index (κ3) is 3.12. The number of rotatable bonds is 4. The Morgan fingerprint density at radius 1 is 1.38 bits per heavy atom. The van der Waals surface area contributed by atoms with Crippen LogP contribution in [0.1, 0.15) is 30.4 Å². The van der Waals surface area contributed by atoms with Crippen LogP contribution in [-0.2, 0) is 6.54 Å². The van der Waals surface area contributed by atoms with Crippen molar-refractivity contribution in [2.75, 3.05) is 5.32 Å². The minimum atomic E-state index is -0.267. The van der Waals surface area contributed by atoms with E-state index in [-0.39, 0.29) is 11.4 Å². The molecule has 1 aromatic carbocycles. The zero-order valence-electron chi connectivity index (χ0n) is 12.0. The molecular formula is C16H18FN3O. The first-order chi connectivity index (χ1) is 10.1. The topological polar surface area (TPSA) is 46.9 Å². The normalized spacial score (nSPS) is 14.8. The second kappa shape index (κ2) is 5.68. The van der Waals surface area contributed by atoms with Crippen molar-refractivity contribution in [2.45, 2.75) is 38.8 Å². The van der Waals surface area contributed by atoms with E-state index in [4.69, 9.17) is 0 Å². The first kappa shape index (κ1) is 13.8. The van der Waals surface area contributed by atoms with Gasteiger partial charge in [-0.15, -0.1) is 0 Å². The summed E-state index contributed by atoms with van der Waals surface area (Å²) < 4.78 is 14.5. The number of halogens is 1. The summed E-state index contributed by atoms with van der Waals surface area (Å²) in [6.07, 6.45) is 5.22. The molecule has 3 rings (SSSR count). The molecule has 21 heavy (non-hydrogen) atoms. The van der Waals surface area contributed by atoms with Crippen LogP contribution in [0.5, 0.6) is 0 Å². The van der Waals surface area contributed by atoms with E-state index in [1.54, 1.807) is 18.3 Å². The molecule has 5 heteroatoms. The standard InChI is InChI=1S/C16H18FN3O/c1-11-7-13(17)6-5-12(11)10-20-16(21)8-15(9-18-20)19-14-3-2-4-14/h5-9,14,19H,2-4,10H2,1H3. The van der Waals surface area contributed by atoms with Gasteiger partial charge >= 0.3 is 0 Å². The Bertz CT molecular complexity index is 707. The van der Waals surface area contributed by atoms with Gasteiger partial charge in [0, 0.05) is 12.1 Å². The summed E-state index contributed by atoms with van der Waals surface area (Å²) in [7, 11) is 0. The fourth-order valence-corrected chi connectivity index (χ4v) is 2.42. The number of anilines is 1. The number of hydrogen-bond acceptors (Lipinski definition) is 3. The molecule has 0 radical (unpaired) electrons. The molecule has 0 saturated heterocycles. The Morgan fingerprint density at radius 3 is 2.81 bits per heavy atom. The lowest BCUT2D eigenvalue weighted by atomic mass is 9.93. The molecule has 0 bridgehead atoms. The van der Waals surface area contributed by atoms with Crippen LogP contribution in [-0.4, -0.2) is 15.8 Å². The highest BCUT2D eigenvalue weighted by Crippen LogP contribution is 2.22. The van der Waals surface area contributed by atoms with Crippen LogP contribution in [0.25, 0.3) is 0 Å². The summed E-state index contributed by atoms with van der Waals surface area (Å²) in [6.45, 7) is 2.19. The van der Waals surface area contributed by atoms with Gasteiger partial charge in [-0.1, -0.05) is 6.07 Å². The van der Waals surface area contributed by atoms with Gasteiger partial charge in [-0.05, 0) is 49.4 Å². The summed E-state index contributed by atoms with van der Waals surface area (Å²) in [5.74, 6) is -0.267. The molecule has 2 aromatic rings. The van der Waals surface area contributed by atoms with Crippen molar-refractivity contribution < 1.29 is 4.39 Å². The summed E-state index contributed by atoms with van der Waals surface area (Å²) in [6, 6.07) is 6.61. The first-order valence-electron chi connectivity index (χ1n) is 7.20. The minimum Gasteiger partial charge on any atom is -0.381 e. The van der Waals surface area contributed by atoms with E-state index in [0.717, 1.165) is 29.7 Å². The van der Waals surface area contributed by atoms with Crippen molar-refractivity contribution in [3.63, 3.8) is 0 Å². The molecule has 1 aliphatic rings. The van der Waals surface area contributed by atoms with Crippen LogP contribution in [0.15, 0.2) is 35.3 Å². The van der Waals surface area contributed by atoms with Gasteiger partial charge < -0.3 is 5.32 Å². The average Bonchev–Trinajstić information content (AvgIpc) is 2.39. The van der Waals surface area contributed by atoms with Crippen molar-refractivity contribution >= 4 is 5.69 Å². The van der Waals surface area contributed by atoms with Gasteiger partial charge in [0.15, 0.2) is 0 Å². The van der Waals surface area contributed by atoms with Crippen molar-refractivity contribution in [2.24, 2.45) is 0 Å². The molecular weight excluding hydrogens is 269 g/mol. The third-order valence-corrected chi connectivity index (χ3v) is 3.97. The number of benzene rings is 1. The van der Waals surface area contributed by atoms with Crippen molar-refractivity contribution in [3.05, 3.63) is 57.8 Å². The van der Waals surface area contributed by atoms with E-state index in [0.29, 0.717) is 12.6 Å². The molecule has 1 saturated carbocycles. The lowest BCUT2D eigenvalue weighted by molar-refractivity contribution is 0.445. The summed E-state index contributed by atoms with van der Waals surface area (Å²) in [5.41, 5.74) is 2.34. The highest BCUT2D eigenvalue weighted by Gasteiger charge is 2.17. The molecule has 1 aromatic heterocycles. The Kier molecular flexibility index (Phi) is 3.73. The molecule has 0 spiro atoms. The Hall–Kier alpha value is -2.17. The monoisotopic (exact) mass is 287 g/mol. The fraction of sp³-hybridized carbons (Fsp3) is 0.375. The first-order valence-corrected chi connectivity index (χ1v) is 7.20.